The molecule has 0 unspecified atom stereocenters. The summed E-state index contributed by atoms with van der Waals surface area (Å²) in [5.41, 5.74) is 1.27. The van der Waals surface area contributed by atoms with Crippen LogP contribution in [0, 0.1) is 10.1 Å². The van der Waals surface area contributed by atoms with E-state index in [4.69, 9.17) is 4.74 Å². The van der Waals surface area contributed by atoms with Crippen molar-refractivity contribution in [1.82, 2.24) is 10.2 Å². The number of benzene rings is 2. The highest BCUT2D eigenvalue weighted by Gasteiger charge is 2.20. The van der Waals surface area contributed by atoms with Crippen molar-refractivity contribution in [2.24, 2.45) is 0 Å². The Morgan fingerprint density at radius 1 is 1.19 bits per heavy atom. The number of non-ortho nitro benzene ring substituents is 1. The number of ether oxygens (including phenoxy) is 1. The van der Waals surface area contributed by atoms with Crippen LogP contribution in [0.4, 0.5) is 5.69 Å². The zero-order valence-electron chi connectivity index (χ0n) is 14.7. The highest BCUT2D eigenvalue weighted by Crippen LogP contribution is 2.25. The quantitative estimate of drug-likeness (QED) is 0.631. The van der Waals surface area contributed by atoms with E-state index in [9.17, 15) is 19.7 Å². The van der Waals surface area contributed by atoms with Gasteiger partial charge in [0.15, 0.2) is 0 Å². The Balaban J connectivity index is 2.20. The molecule has 8 nitrogen and oxygen atoms in total. The highest BCUT2D eigenvalue weighted by molar-refractivity contribution is 5.97. The molecule has 0 atom stereocenters. The zero-order chi connectivity index (χ0) is 19.3. The Labute approximate surface area is 150 Å². The second-order valence-corrected chi connectivity index (χ2v) is 5.58. The van der Waals surface area contributed by atoms with Crippen LogP contribution in [0.3, 0.4) is 0 Å². The van der Waals surface area contributed by atoms with E-state index in [1.165, 1.54) is 30.2 Å². The van der Waals surface area contributed by atoms with Gasteiger partial charge in [-0.25, -0.2) is 0 Å². The van der Waals surface area contributed by atoms with Crippen molar-refractivity contribution >= 4 is 17.5 Å². The van der Waals surface area contributed by atoms with Gasteiger partial charge in [-0.15, -0.1) is 0 Å². The highest BCUT2D eigenvalue weighted by atomic mass is 16.6. The molecule has 2 aromatic carbocycles. The predicted molar refractivity (Wildman–Crippen MR) is 95.3 cm³/mol. The number of hydrogen-bond acceptors (Lipinski definition) is 5. The molecular weight excluding hydrogens is 338 g/mol. The summed E-state index contributed by atoms with van der Waals surface area (Å²) in [6, 6.07) is 10.7. The van der Waals surface area contributed by atoms with Gasteiger partial charge in [-0.05, 0) is 23.8 Å². The Bertz CT molecular complexity index is 833. The average molecular weight is 357 g/mol. The van der Waals surface area contributed by atoms with E-state index in [0.717, 1.165) is 5.56 Å². The van der Waals surface area contributed by atoms with Crippen molar-refractivity contribution in [2.75, 3.05) is 21.2 Å². The molecule has 2 aromatic rings. The molecule has 0 aliphatic rings. The summed E-state index contributed by atoms with van der Waals surface area (Å²) in [7, 11) is 4.54. The molecular formula is C18H19N3O5. The first-order valence-corrected chi connectivity index (χ1v) is 7.76. The normalized spacial score (nSPS) is 10.1. The summed E-state index contributed by atoms with van der Waals surface area (Å²) >= 11 is 0. The van der Waals surface area contributed by atoms with E-state index in [2.05, 4.69) is 5.32 Å². The molecule has 8 heteroatoms. The summed E-state index contributed by atoms with van der Waals surface area (Å²) in [5.74, 6) is -0.328. The van der Waals surface area contributed by atoms with Gasteiger partial charge in [0.05, 0.1) is 17.6 Å². The van der Waals surface area contributed by atoms with Gasteiger partial charge in [-0.2, -0.15) is 0 Å². The molecule has 2 rings (SSSR count). The smallest absolute Gasteiger partial charge is 0.270 e. The number of nitrogens with one attached hydrogen (secondary N) is 1. The Morgan fingerprint density at radius 2 is 1.85 bits per heavy atom. The number of nitrogens with zero attached hydrogens (tertiary/aromatic N) is 2. The Kier molecular flexibility index (Phi) is 5.90. The van der Waals surface area contributed by atoms with Crippen LogP contribution >= 0.6 is 0 Å². The number of carbonyl (C=O) groups is 2. The van der Waals surface area contributed by atoms with Crippen molar-refractivity contribution < 1.29 is 19.2 Å². The van der Waals surface area contributed by atoms with Gasteiger partial charge >= 0.3 is 0 Å². The molecule has 0 spiro atoms. The molecule has 0 aromatic heterocycles. The van der Waals surface area contributed by atoms with E-state index >= 15 is 0 Å². The number of amides is 2. The fraction of sp³-hybridized carbons (Fsp3) is 0.222. The first-order valence-electron chi connectivity index (χ1n) is 7.76. The van der Waals surface area contributed by atoms with E-state index in [1.807, 2.05) is 0 Å². The zero-order valence-corrected chi connectivity index (χ0v) is 14.7. The van der Waals surface area contributed by atoms with Gasteiger partial charge in [0.1, 0.15) is 5.75 Å². The van der Waals surface area contributed by atoms with E-state index in [0.29, 0.717) is 5.56 Å². The lowest BCUT2D eigenvalue weighted by atomic mass is 10.1. The maximum atomic E-state index is 12.7. The predicted octanol–water partition coefficient (Wildman–Crippen LogP) is 2.24. The molecule has 0 radical (unpaired) electrons. The monoisotopic (exact) mass is 357 g/mol. The first-order chi connectivity index (χ1) is 12.4. The Hall–Kier alpha value is -3.42. The van der Waals surface area contributed by atoms with Gasteiger partial charge in [-0.3, -0.25) is 19.7 Å². The number of rotatable bonds is 6. The lowest BCUT2D eigenvalue weighted by molar-refractivity contribution is -0.384. The van der Waals surface area contributed by atoms with E-state index in [1.54, 1.807) is 38.4 Å². The first kappa shape index (κ1) is 18.9. The van der Waals surface area contributed by atoms with Crippen molar-refractivity contribution in [3.63, 3.8) is 0 Å². The molecule has 0 heterocycles. The maximum absolute atomic E-state index is 12.7. The van der Waals surface area contributed by atoms with Crippen LogP contribution in [0.15, 0.2) is 42.5 Å². The summed E-state index contributed by atoms with van der Waals surface area (Å²) in [6.45, 7) is 0.276. The van der Waals surface area contributed by atoms with Gasteiger partial charge in [0.25, 0.3) is 17.5 Å². The summed E-state index contributed by atoms with van der Waals surface area (Å²) in [5, 5.41) is 13.5. The van der Waals surface area contributed by atoms with Crippen LogP contribution in [0.25, 0.3) is 0 Å². The van der Waals surface area contributed by atoms with Crippen LogP contribution in [0.5, 0.6) is 5.75 Å². The van der Waals surface area contributed by atoms with Crippen molar-refractivity contribution in [2.45, 2.75) is 6.54 Å². The van der Waals surface area contributed by atoms with Crippen LogP contribution in [-0.4, -0.2) is 42.8 Å². The van der Waals surface area contributed by atoms with Crippen LogP contribution in [0.1, 0.15) is 26.3 Å². The average Bonchev–Trinajstić information content (AvgIpc) is 2.66. The topological polar surface area (TPSA) is 102 Å². The molecule has 0 saturated heterocycles. The molecule has 1 N–H and O–H groups in total. The molecule has 0 aliphatic carbocycles. The number of hydrogen-bond donors (Lipinski definition) is 1. The van der Waals surface area contributed by atoms with Crippen LogP contribution in [-0.2, 0) is 6.54 Å². The lowest BCUT2D eigenvalue weighted by Gasteiger charge is -2.19. The second kappa shape index (κ2) is 8.11. The number of carbonyl (C=O) groups excluding carboxylic acids is 2. The van der Waals surface area contributed by atoms with Crippen molar-refractivity contribution in [1.29, 1.82) is 0 Å². The number of methoxy groups -OCH3 is 1. The van der Waals surface area contributed by atoms with Crippen LogP contribution in [0.2, 0.25) is 0 Å². The minimum atomic E-state index is -0.562. The van der Waals surface area contributed by atoms with E-state index in [-0.39, 0.29) is 29.5 Å². The fourth-order valence-electron chi connectivity index (χ4n) is 2.43. The van der Waals surface area contributed by atoms with Gasteiger partial charge in [0.2, 0.25) is 0 Å². The summed E-state index contributed by atoms with van der Waals surface area (Å²) in [6.07, 6.45) is 0. The third-order valence-electron chi connectivity index (χ3n) is 3.83. The lowest BCUT2D eigenvalue weighted by Crippen LogP contribution is -2.26. The minimum absolute atomic E-state index is 0.117. The summed E-state index contributed by atoms with van der Waals surface area (Å²) < 4.78 is 5.14. The number of nitro groups is 1. The molecule has 0 fully saturated rings. The maximum Gasteiger partial charge on any atom is 0.270 e. The minimum Gasteiger partial charge on any atom is -0.496 e. The van der Waals surface area contributed by atoms with Gasteiger partial charge in [0, 0.05) is 38.3 Å². The second-order valence-electron chi connectivity index (χ2n) is 5.58. The molecule has 2 amide bonds. The molecule has 0 aliphatic heterocycles. The molecule has 26 heavy (non-hydrogen) atoms. The van der Waals surface area contributed by atoms with Crippen LogP contribution < -0.4 is 10.1 Å². The Morgan fingerprint density at radius 3 is 2.38 bits per heavy atom. The molecule has 0 bridgehead atoms. The van der Waals surface area contributed by atoms with Gasteiger partial charge in [-0.1, -0.05) is 12.1 Å². The molecule has 0 saturated carbocycles. The van der Waals surface area contributed by atoms with Gasteiger partial charge < -0.3 is 15.0 Å². The standard InChI is InChI=1S/C18H19N3O5/c1-19-17(22)13-6-4-12(5-7-13)11-20(2)18(23)15-10-14(21(24)25)8-9-16(15)26-3/h4-10H,11H2,1-3H3,(H,19,22). The summed E-state index contributed by atoms with van der Waals surface area (Å²) in [4.78, 5) is 36.1. The van der Waals surface area contributed by atoms with Crippen molar-refractivity contribution in [3.8, 4) is 5.75 Å². The molecule has 136 valence electrons. The third-order valence-corrected chi connectivity index (χ3v) is 3.83. The fourth-order valence-corrected chi connectivity index (χ4v) is 2.43. The van der Waals surface area contributed by atoms with Crippen molar-refractivity contribution in [3.05, 3.63) is 69.3 Å². The SMILES string of the molecule is CNC(=O)c1ccc(CN(C)C(=O)c2cc([N+](=O)[O-])ccc2OC)cc1. The third kappa shape index (κ3) is 4.15. The van der Waals surface area contributed by atoms with E-state index < -0.39 is 10.8 Å². The number of nitro benzene ring substituents is 1. The largest absolute Gasteiger partial charge is 0.496 e.